The van der Waals surface area contributed by atoms with Crippen molar-refractivity contribution < 1.29 is 13.9 Å². The summed E-state index contributed by atoms with van der Waals surface area (Å²) in [7, 11) is 0. The first-order chi connectivity index (χ1) is 15.9. The van der Waals surface area contributed by atoms with Crippen LogP contribution in [0, 0.1) is 26.6 Å². The van der Waals surface area contributed by atoms with E-state index in [1.807, 2.05) is 50.6 Å². The summed E-state index contributed by atoms with van der Waals surface area (Å²) in [6, 6.07) is 14.0. The fourth-order valence-electron chi connectivity index (χ4n) is 4.05. The maximum Gasteiger partial charge on any atom is 0.224 e. The molecule has 0 fully saturated rings. The molecule has 0 saturated carbocycles. The zero-order chi connectivity index (χ0) is 23.5. The van der Waals surface area contributed by atoms with Gasteiger partial charge >= 0.3 is 0 Å². The Hall–Kier alpha value is -3.74. The first-order valence-electron chi connectivity index (χ1n) is 11.0. The van der Waals surface area contributed by atoms with E-state index in [0.29, 0.717) is 24.6 Å². The molecule has 170 valence electrons. The molecular formula is C26H27FN4O2. The molecule has 4 aromatic rings. The van der Waals surface area contributed by atoms with Crippen LogP contribution in [-0.4, -0.2) is 27.3 Å². The number of rotatable bonds is 7. The first kappa shape index (κ1) is 22.5. The third-order valence-corrected chi connectivity index (χ3v) is 5.57. The summed E-state index contributed by atoms with van der Waals surface area (Å²) in [5.41, 5.74) is 5.98. The van der Waals surface area contributed by atoms with Gasteiger partial charge in [-0.3, -0.25) is 4.79 Å². The van der Waals surface area contributed by atoms with Gasteiger partial charge in [-0.2, -0.15) is 10.1 Å². The number of hydrogen-bond donors (Lipinski definition) is 1. The molecule has 6 nitrogen and oxygen atoms in total. The standard InChI is InChI=1S/C26H27FN4O2/c1-5-33-26-22(12-13-23(32)28-20-10-7-9-19(27)15-20)17(3)24-18(4)30-31(25(24)29-26)21-11-6-8-16(2)14-21/h6-11,14-15H,5,12-13H2,1-4H3,(H,28,32). The van der Waals surface area contributed by atoms with Gasteiger partial charge in [-0.1, -0.05) is 18.2 Å². The molecule has 1 amide bonds. The van der Waals surface area contributed by atoms with E-state index in [2.05, 4.69) is 11.4 Å². The maximum atomic E-state index is 13.4. The smallest absolute Gasteiger partial charge is 0.224 e. The fourth-order valence-corrected chi connectivity index (χ4v) is 4.05. The van der Waals surface area contributed by atoms with Crippen molar-refractivity contribution in [2.45, 2.75) is 40.5 Å². The van der Waals surface area contributed by atoms with E-state index in [4.69, 9.17) is 14.8 Å². The van der Waals surface area contributed by atoms with Crippen molar-refractivity contribution in [2.75, 3.05) is 11.9 Å². The molecule has 0 spiro atoms. The van der Waals surface area contributed by atoms with Gasteiger partial charge in [-0.15, -0.1) is 0 Å². The number of pyridine rings is 1. The highest BCUT2D eigenvalue weighted by Crippen LogP contribution is 2.32. The normalized spacial score (nSPS) is 11.1. The molecule has 2 aromatic carbocycles. The van der Waals surface area contributed by atoms with Gasteiger partial charge < -0.3 is 10.1 Å². The molecule has 1 N–H and O–H groups in total. The lowest BCUT2D eigenvalue weighted by molar-refractivity contribution is -0.116. The average Bonchev–Trinajstić information content (AvgIpc) is 3.10. The number of nitrogens with zero attached hydrogens (tertiary/aromatic N) is 3. The van der Waals surface area contributed by atoms with Crippen molar-refractivity contribution in [3.8, 4) is 11.6 Å². The molecule has 0 aliphatic rings. The molecule has 33 heavy (non-hydrogen) atoms. The molecule has 0 unspecified atom stereocenters. The molecule has 0 aliphatic heterocycles. The lowest BCUT2D eigenvalue weighted by atomic mass is 10.0. The second kappa shape index (κ2) is 9.40. The number of carbonyl (C=O) groups excluding carboxylic acids is 1. The summed E-state index contributed by atoms with van der Waals surface area (Å²) < 4.78 is 21.1. The minimum absolute atomic E-state index is 0.199. The molecule has 2 aromatic heterocycles. The Kier molecular flexibility index (Phi) is 6.40. The van der Waals surface area contributed by atoms with Crippen LogP contribution in [0.3, 0.4) is 0 Å². The van der Waals surface area contributed by atoms with Crippen molar-refractivity contribution in [1.29, 1.82) is 0 Å². The van der Waals surface area contributed by atoms with Crippen molar-refractivity contribution in [3.05, 3.63) is 76.7 Å². The zero-order valence-corrected chi connectivity index (χ0v) is 19.3. The van der Waals surface area contributed by atoms with E-state index >= 15 is 0 Å². The Morgan fingerprint density at radius 1 is 1.12 bits per heavy atom. The lowest BCUT2D eigenvalue weighted by Gasteiger charge is -2.14. The van der Waals surface area contributed by atoms with Gasteiger partial charge in [-0.25, -0.2) is 9.07 Å². The predicted octanol–water partition coefficient (Wildman–Crippen LogP) is 5.45. The highest BCUT2D eigenvalue weighted by Gasteiger charge is 2.20. The van der Waals surface area contributed by atoms with E-state index in [1.54, 1.807) is 12.1 Å². The second-order valence-corrected chi connectivity index (χ2v) is 8.05. The highest BCUT2D eigenvalue weighted by atomic mass is 19.1. The molecule has 0 atom stereocenters. The molecule has 7 heteroatoms. The number of benzene rings is 2. The SMILES string of the molecule is CCOc1nc2c(c(C)nn2-c2cccc(C)c2)c(C)c1CCC(=O)Nc1cccc(F)c1. The summed E-state index contributed by atoms with van der Waals surface area (Å²) in [4.78, 5) is 17.3. The number of carbonyl (C=O) groups is 1. The number of anilines is 1. The number of aromatic nitrogens is 3. The molecule has 0 radical (unpaired) electrons. The van der Waals surface area contributed by atoms with Crippen molar-refractivity contribution >= 4 is 22.6 Å². The minimum Gasteiger partial charge on any atom is -0.478 e. The zero-order valence-electron chi connectivity index (χ0n) is 19.3. The van der Waals surface area contributed by atoms with Gasteiger partial charge in [0.2, 0.25) is 11.8 Å². The Morgan fingerprint density at radius 2 is 1.91 bits per heavy atom. The van der Waals surface area contributed by atoms with Gasteiger partial charge in [0, 0.05) is 23.1 Å². The van der Waals surface area contributed by atoms with Gasteiger partial charge in [-0.05, 0) is 75.6 Å². The number of halogens is 1. The summed E-state index contributed by atoms with van der Waals surface area (Å²) in [5.74, 6) is -0.0809. The minimum atomic E-state index is -0.391. The lowest BCUT2D eigenvalue weighted by Crippen LogP contribution is -2.13. The van der Waals surface area contributed by atoms with Gasteiger partial charge in [0.05, 0.1) is 18.0 Å². The van der Waals surface area contributed by atoms with Crippen LogP contribution in [0.5, 0.6) is 5.88 Å². The van der Waals surface area contributed by atoms with Gasteiger partial charge in [0.1, 0.15) is 5.82 Å². The number of ether oxygens (including phenoxy) is 1. The monoisotopic (exact) mass is 446 g/mol. The molecule has 0 bridgehead atoms. The summed E-state index contributed by atoms with van der Waals surface area (Å²) in [5, 5.41) is 8.45. The van der Waals surface area contributed by atoms with Gasteiger partial charge in [0.15, 0.2) is 5.65 Å². The van der Waals surface area contributed by atoms with E-state index < -0.39 is 5.82 Å². The largest absolute Gasteiger partial charge is 0.478 e. The Balaban J connectivity index is 1.68. The quantitative estimate of drug-likeness (QED) is 0.410. The second-order valence-electron chi connectivity index (χ2n) is 8.05. The van der Waals surface area contributed by atoms with Crippen molar-refractivity contribution in [2.24, 2.45) is 0 Å². The molecular weight excluding hydrogens is 419 g/mol. The summed E-state index contributed by atoms with van der Waals surface area (Å²) >= 11 is 0. The summed E-state index contributed by atoms with van der Waals surface area (Å²) in [6.07, 6.45) is 0.663. The molecule has 0 saturated heterocycles. The van der Waals surface area contributed by atoms with E-state index in [9.17, 15) is 9.18 Å². The Morgan fingerprint density at radius 3 is 2.64 bits per heavy atom. The van der Waals surface area contributed by atoms with E-state index in [-0.39, 0.29) is 12.3 Å². The summed E-state index contributed by atoms with van der Waals surface area (Å²) in [6.45, 7) is 8.38. The average molecular weight is 447 g/mol. The number of amides is 1. The van der Waals surface area contributed by atoms with Crippen LogP contribution in [0.2, 0.25) is 0 Å². The predicted molar refractivity (Wildman–Crippen MR) is 128 cm³/mol. The van der Waals surface area contributed by atoms with Crippen LogP contribution in [0.4, 0.5) is 10.1 Å². The Labute approximate surface area is 192 Å². The van der Waals surface area contributed by atoms with Crippen molar-refractivity contribution in [1.82, 2.24) is 14.8 Å². The first-order valence-corrected chi connectivity index (χ1v) is 11.0. The van der Waals surface area contributed by atoms with Gasteiger partial charge in [0.25, 0.3) is 0 Å². The number of aryl methyl sites for hydroxylation is 3. The Bertz CT molecular complexity index is 1330. The number of nitrogens with one attached hydrogen (secondary N) is 1. The fraction of sp³-hybridized carbons (Fsp3) is 0.269. The topological polar surface area (TPSA) is 69.0 Å². The van der Waals surface area contributed by atoms with Crippen molar-refractivity contribution in [3.63, 3.8) is 0 Å². The molecule has 2 heterocycles. The van der Waals surface area contributed by atoms with Crippen LogP contribution in [-0.2, 0) is 11.2 Å². The van der Waals surface area contributed by atoms with E-state index in [0.717, 1.165) is 39.1 Å². The van der Waals surface area contributed by atoms with Crippen LogP contribution in [0.25, 0.3) is 16.7 Å². The van der Waals surface area contributed by atoms with Crippen LogP contribution < -0.4 is 10.1 Å². The maximum absolute atomic E-state index is 13.4. The number of fused-ring (bicyclic) bond motifs is 1. The van der Waals surface area contributed by atoms with E-state index in [1.165, 1.54) is 12.1 Å². The van der Waals surface area contributed by atoms with Crippen LogP contribution in [0.15, 0.2) is 48.5 Å². The molecule has 4 rings (SSSR count). The number of hydrogen-bond acceptors (Lipinski definition) is 4. The third-order valence-electron chi connectivity index (χ3n) is 5.57. The van der Waals surface area contributed by atoms with Crippen LogP contribution in [0.1, 0.15) is 35.7 Å². The third kappa shape index (κ3) is 4.72. The molecule has 0 aliphatic carbocycles. The van der Waals surface area contributed by atoms with Crippen LogP contribution >= 0.6 is 0 Å². The highest BCUT2D eigenvalue weighted by molar-refractivity contribution is 5.91.